The third-order valence-electron chi connectivity index (χ3n) is 5.12. The van der Waals surface area contributed by atoms with Crippen molar-refractivity contribution in [3.05, 3.63) is 36.0 Å². The molecule has 0 aromatic carbocycles. The first kappa shape index (κ1) is 14.5. The molecule has 2 aliphatic heterocycles. The molecule has 6 nitrogen and oxygen atoms in total. The smallest absolute Gasteiger partial charge is 0.234 e. The van der Waals surface area contributed by atoms with Gasteiger partial charge in [-0.2, -0.15) is 5.10 Å². The summed E-state index contributed by atoms with van der Waals surface area (Å²) < 4.78 is 7.41. The SMILES string of the molecule is Cc1ccc(CN2CC[C@@]3(CCN(c4cnn(C)c4)C3=O)C2)o1. The minimum absolute atomic E-state index is 0.225. The molecule has 0 unspecified atom stereocenters. The van der Waals surface area contributed by atoms with Crippen LogP contribution in [-0.2, 0) is 18.4 Å². The number of hydrogen-bond donors (Lipinski definition) is 0. The van der Waals surface area contributed by atoms with Crippen LogP contribution in [0.4, 0.5) is 5.69 Å². The molecule has 4 rings (SSSR count). The molecule has 122 valence electrons. The van der Waals surface area contributed by atoms with Gasteiger partial charge in [0.05, 0.1) is 23.8 Å². The van der Waals surface area contributed by atoms with E-state index >= 15 is 0 Å². The van der Waals surface area contributed by atoms with Crippen LogP contribution in [0.15, 0.2) is 28.9 Å². The van der Waals surface area contributed by atoms with Crippen LogP contribution in [0.25, 0.3) is 0 Å². The van der Waals surface area contributed by atoms with E-state index in [-0.39, 0.29) is 11.3 Å². The molecular weight excluding hydrogens is 292 g/mol. The number of hydrogen-bond acceptors (Lipinski definition) is 4. The summed E-state index contributed by atoms with van der Waals surface area (Å²) in [4.78, 5) is 17.2. The summed E-state index contributed by atoms with van der Waals surface area (Å²) in [7, 11) is 1.88. The molecule has 0 N–H and O–H groups in total. The minimum atomic E-state index is -0.225. The van der Waals surface area contributed by atoms with E-state index in [1.807, 2.05) is 37.2 Å². The molecule has 6 heteroatoms. The average molecular weight is 314 g/mol. The minimum Gasteiger partial charge on any atom is -0.465 e. The van der Waals surface area contributed by atoms with Crippen LogP contribution in [0.1, 0.15) is 24.4 Å². The second kappa shape index (κ2) is 5.23. The molecular formula is C17H22N4O2. The number of nitrogens with zero attached hydrogens (tertiary/aromatic N) is 4. The molecule has 0 bridgehead atoms. The molecule has 0 radical (unpaired) electrons. The maximum atomic E-state index is 13.0. The van der Waals surface area contributed by atoms with Gasteiger partial charge in [0.2, 0.25) is 5.91 Å². The lowest BCUT2D eigenvalue weighted by Crippen LogP contribution is -2.36. The number of amides is 1. The van der Waals surface area contributed by atoms with Crippen molar-refractivity contribution >= 4 is 11.6 Å². The first-order chi connectivity index (χ1) is 11.1. The highest BCUT2D eigenvalue weighted by Gasteiger charge is 2.51. The van der Waals surface area contributed by atoms with Crippen molar-refractivity contribution in [2.24, 2.45) is 12.5 Å². The lowest BCUT2D eigenvalue weighted by atomic mass is 9.85. The fourth-order valence-electron chi connectivity index (χ4n) is 3.88. The van der Waals surface area contributed by atoms with E-state index in [0.29, 0.717) is 0 Å². The zero-order valence-corrected chi connectivity index (χ0v) is 13.7. The Labute approximate surface area is 135 Å². The summed E-state index contributed by atoms with van der Waals surface area (Å²) in [5.74, 6) is 2.17. The van der Waals surface area contributed by atoms with E-state index in [1.165, 1.54) is 0 Å². The Kier molecular flexibility index (Phi) is 3.30. The first-order valence-corrected chi connectivity index (χ1v) is 8.14. The van der Waals surface area contributed by atoms with Crippen LogP contribution < -0.4 is 4.90 Å². The Morgan fingerprint density at radius 3 is 2.83 bits per heavy atom. The summed E-state index contributed by atoms with van der Waals surface area (Å²) in [6, 6.07) is 4.02. The third kappa shape index (κ3) is 2.47. The van der Waals surface area contributed by atoms with E-state index in [0.717, 1.165) is 56.2 Å². The number of carbonyl (C=O) groups excluding carboxylic acids is 1. The summed E-state index contributed by atoms with van der Waals surface area (Å²) in [6.07, 6.45) is 5.54. The second-order valence-corrected chi connectivity index (χ2v) is 6.83. The molecule has 0 aliphatic carbocycles. The molecule has 2 aromatic rings. The summed E-state index contributed by atoms with van der Waals surface area (Å²) in [5.41, 5.74) is 0.687. The predicted molar refractivity (Wildman–Crippen MR) is 86.0 cm³/mol. The zero-order valence-electron chi connectivity index (χ0n) is 13.7. The number of aromatic nitrogens is 2. The Bertz CT molecular complexity index is 735. The van der Waals surface area contributed by atoms with Crippen LogP contribution >= 0.6 is 0 Å². The highest BCUT2D eigenvalue weighted by atomic mass is 16.3. The van der Waals surface area contributed by atoms with Crippen molar-refractivity contribution < 1.29 is 9.21 Å². The Morgan fingerprint density at radius 2 is 2.13 bits per heavy atom. The van der Waals surface area contributed by atoms with Crippen LogP contribution in [-0.4, -0.2) is 40.2 Å². The number of carbonyl (C=O) groups is 1. The second-order valence-electron chi connectivity index (χ2n) is 6.83. The van der Waals surface area contributed by atoms with Crippen molar-refractivity contribution in [2.75, 3.05) is 24.5 Å². The van der Waals surface area contributed by atoms with Crippen molar-refractivity contribution in [1.29, 1.82) is 0 Å². The van der Waals surface area contributed by atoms with E-state index in [9.17, 15) is 4.79 Å². The lowest BCUT2D eigenvalue weighted by Gasteiger charge is -2.22. The largest absolute Gasteiger partial charge is 0.465 e. The first-order valence-electron chi connectivity index (χ1n) is 8.14. The van der Waals surface area contributed by atoms with Crippen molar-refractivity contribution in [3.8, 4) is 0 Å². The number of rotatable bonds is 3. The van der Waals surface area contributed by atoms with Crippen molar-refractivity contribution in [3.63, 3.8) is 0 Å². The fraction of sp³-hybridized carbons (Fsp3) is 0.529. The molecule has 2 fully saturated rings. The number of likely N-dealkylation sites (tertiary alicyclic amines) is 1. The summed E-state index contributed by atoms with van der Waals surface area (Å²) in [6.45, 7) is 5.31. The number of furan rings is 1. The van der Waals surface area contributed by atoms with E-state index in [2.05, 4.69) is 10.00 Å². The van der Waals surface area contributed by atoms with Crippen molar-refractivity contribution in [1.82, 2.24) is 14.7 Å². The molecule has 23 heavy (non-hydrogen) atoms. The Balaban J connectivity index is 1.46. The maximum absolute atomic E-state index is 13.0. The van der Waals surface area contributed by atoms with Crippen LogP contribution in [0, 0.1) is 12.3 Å². The van der Waals surface area contributed by atoms with Gasteiger partial charge in [-0.3, -0.25) is 14.4 Å². The Hall–Kier alpha value is -2.08. The monoisotopic (exact) mass is 314 g/mol. The van der Waals surface area contributed by atoms with Gasteiger partial charge in [-0.05, 0) is 38.4 Å². The highest BCUT2D eigenvalue weighted by Crippen LogP contribution is 2.42. The summed E-state index contributed by atoms with van der Waals surface area (Å²) in [5, 5.41) is 4.18. The van der Waals surface area contributed by atoms with Gasteiger partial charge in [0, 0.05) is 26.3 Å². The third-order valence-corrected chi connectivity index (χ3v) is 5.12. The number of aryl methyl sites for hydroxylation is 2. The van der Waals surface area contributed by atoms with Gasteiger partial charge in [-0.25, -0.2) is 0 Å². The molecule has 2 aliphatic rings. The molecule has 1 spiro atoms. The topological polar surface area (TPSA) is 54.5 Å². The molecule has 4 heterocycles. The predicted octanol–water partition coefficient (Wildman–Crippen LogP) is 1.95. The highest BCUT2D eigenvalue weighted by molar-refractivity contribution is 6.00. The molecule has 1 atom stereocenters. The molecule has 2 saturated heterocycles. The van der Waals surface area contributed by atoms with Gasteiger partial charge in [-0.1, -0.05) is 0 Å². The standard InChI is InChI=1S/C17H22N4O2/c1-13-3-4-15(23-13)11-20-7-5-17(12-20)6-8-21(16(17)22)14-9-18-19(2)10-14/h3-4,9-10H,5-8,11-12H2,1-2H3/t17-/m1/s1. The lowest BCUT2D eigenvalue weighted by molar-refractivity contribution is -0.125. The van der Waals surface area contributed by atoms with Gasteiger partial charge in [0.1, 0.15) is 11.5 Å². The average Bonchev–Trinajstić information content (AvgIpc) is 3.26. The van der Waals surface area contributed by atoms with Crippen LogP contribution in [0.5, 0.6) is 0 Å². The van der Waals surface area contributed by atoms with Gasteiger partial charge >= 0.3 is 0 Å². The van der Waals surface area contributed by atoms with Crippen molar-refractivity contribution in [2.45, 2.75) is 26.3 Å². The zero-order chi connectivity index (χ0) is 16.0. The van der Waals surface area contributed by atoms with Gasteiger partial charge < -0.3 is 9.32 Å². The van der Waals surface area contributed by atoms with E-state index in [1.54, 1.807) is 10.9 Å². The molecule has 2 aromatic heterocycles. The van der Waals surface area contributed by atoms with E-state index < -0.39 is 0 Å². The summed E-state index contributed by atoms with van der Waals surface area (Å²) >= 11 is 0. The number of anilines is 1. The van der Waals surface area contributed by atoms with Gasteiger partial charge in [0.25, 0.3) is 0 Å². The fourth-order valence-corrected chi connectivity index (χ4v) is 3.88. The maximum Gasteiger partial charge on any atom is 0.234 e. The van der Waals surface area contributed by atoms with Gasteiger partial charge in [-0.15, -0.1) is 0 Å². The normalized spacial score (nSPS) is 25.1. The molecule has 1 amide bonds. The van der Waals surface area contributed by atoms with Crippen LogP contribution in [0.3, 0.4) is 0 Å². The molecule has 0 saturated carbocycles. The quantitative estimate of drug-likeness (QED) is 0.869. The van der Waals surface area contributed by atoms with E-state index in [4.69, 9.17) is 4.42 Å². The Morgan fingerprint density at radius 1 is 1.30 bits per heavy atom. The van der Waals surface area contributed by atoms with Crippen LogP contribution in [0.2, 0.25) is 0 Å². The van der Waals surface area contributed by atoms with Gasteiger partial charge in [0.15, 0.2) is 0 Å².